The minimum Gasteiger partial charge on any atom is -0.507 e. The monoisotopic (exact) mass is 398 g/mol. The fourth-order valence-electron chi connectivity index (χ4n) is 2.87. The van der Waals surface area contributed by atoms with Gasteiger partial charge in [0.15, 0.2) is 5.69 Å². The first-order valence-electron chi connectivity index (χ1n) is 9.18. The maximum Gasteiger partial charge on any atom is 0.291 e. The molecule has 0 fully saturated rings. The predicted octanol–water partition coefficient (Wildman–Crippen LogP) is 4.76. The summed E-state index contributed by atoms with van der Waals surface area (Å²) in [6, 6.07) is 20.1. The molecule has 4 rings (SSSR count). The summed E-state index contributed by atoms with van der Waals surface area (Å²) < 4.78 is 0. The number of aromatic amines is 1. The number of phenols is 1. The van der Waals surface area contributed by atoms with Crippen LogP contribution in [0.4, 0.5) is 11.4 Å². The van der Waals surface area contributed by atoms with Gasteiger partial charge in [-0.05, 0) is 42.6 Å². The van der Waals surface area contributed by atoms with E-state index in [2.05, 4.69) is 31.0 Å². The molecule has 8 heteroatoms. The Morgan fingerprint density at radius 3 is 2.73 bits per heavy atom. The Bertz CT molecular complexity index is 1270. The Morgan fingerprint density at radius 1 is 1.07 bits per heavy atom. The number of azo groups is 1. The summed E-state index contributed by atoms with van der Waals surface area (Å²) in [4.78, 5) is 12.0. The van der Waals surface area contributed by atoms with Gasteiger partial charge in [-0.25, -0.2) is 5.43 Å². The van der Waals surface area contributed by atoms with Crippen molar-refractivity contribution in [2.24, 2.45) is 15.3 Å². The van der Waals surface area contributed by atoms with Crippen LogP contribution in [0.1, 0.15) is 21.7 Å². The molecule has 1 heterocycles. The predicted molar refractivity (Wildman–Crippen MR) is 115 cm³/mol. The number of phenolic OH excluding ortho intramolecular Hbond substituents is 1. The van der Waals surface area contributed by atoms with Gasteiger partial charge in [0, 0.05) is 16.6 Å². The SMILES string of the molecule is Cc1cc(C(=O)N/N=C\c2cc(N=Nc3cccc4ccccc34)ccc2O)n[nH]1. The van der Waals surface area contributed by atoms with Crippen LogP contribution in [-0.4, -0.2) is 27.4 Å². The molecule has 0 aliphatic rings. The van der Waals surface area contributed by atoms with Gasteiger partial charge in [0.05, 0.1) is 17.6 Å². The van der Waals surface area contributed by atoms with E-state index in [4.69, 9.17) is 0 Å². The zero-order valence-corrected chi connectivity index (χ0v) is 16.1. The van der Waals surface area contributed by atoms with Crippen LogP contribution in [-0.2, 0) is 0 Å². The number of aromatic hydroxyl groups is 1. The first-order valence-corrected chi connectivity index (χ1v) is 9.18. The van der Waals surface area contributed by atoms with Gasteiger partial charge < -0.3 is 5.11 Å². The number of carbonyl (C=O) groups is 1. The van der Waals surface area contributed by atoms with Gasteiger partial charge in [0.25, 0.3) is 5.91 Å². The molecule has 4 aromatic rings. The highest BCUT2D eigenvalue weighted by atomic mass is 16.3. The van der Waals surface area contributed by atoms with E-state index in [1.807, 2.05) is 42.5 Å². The van der Waals surface area contributed by atoms with Crippen LogP contribution >= 0.6 is 0 Å². The van der Waals surface area contributed by atoms with E-state index in [1.54, 1.807) is 25.1 Å². The number of amides is 1. The minimum atomic E-state index is -0.457. The summed E-state index contributed by atoms with van der Waals surface area (Å²) in [7, 11) is 0. The molecule has 0 unspecified atom stereocenters. The normalized spacial score (nSPS) is 11.5. The lowest BCUT2D eigenvalue weighted by molar-refractivity contribution is 0.0950. The minimum absolute atomic E-state index is 0.00715. The fraction of sp³-hybridized carbons (Fsp3) is 0.0455. The van der Waals surface area contributed by atoms with Crippen molar-refractivity contribution in [3.8, 4) is 5.75 Å². The molecule has 0 saturated heterocycles. The number of hydrazone groups is 1. The molecule has 0 atom stereocenters. The lowest BCUT2D eigenvalue weighted by Gasteiger charge is -2.02. The number of fused-ring (bicyclic) bond motifs is 1. The van der Waals surface area contributed by atoms with Crippen LogP contribution in [0, 0.1) is 6.92 Å². The van der Waals surface area contributed by atoms with Gasteiger partial charge in [-0.3, -0.25) is 9.89 Å². The molecule has 148 valence electrons. The summed E-state index contributed by atoms with van der Waals surface area (Å²) >= 11 is 0. The van der Waals surface area contributed by atoms with Crippen molar-refractivity contribution in [2.45, 2.75) is 6.92 Å². The number of hydrogen-bond donors (Lipinski definition) is 3. The number of aromatic nitrogens is 2. The van der Waals surface area contributed by atoms with Crippen LogP contribution in [0.25, 0.3) is 10.8 Å². The average Bonchev–Trinajstić information content (AvgIpc) is 3.20. The largest absolute Gasteiger partial charge is 0.507 e. The second-order valence-corrected chi connectivity index (χ2v) is 6.58. The number of H-pyrrole nitrogens is 1. The molecule has 0 spiro atoms. The smallest absolute Gasteiger partial charge is 0.291 e. The Kier molecular flexibility index (Phi) is 5.29. The van der Waals surface area contributed by atoms with E-state index < -0.39 is 5.91 Å². The second-order valence-electron chi connectivity index (χ2n) is 6.58. The fourth-order valence-corrected chi connectivity index (χ4v) is 2.87. The number of benzene rings is 3. The number of carbonyl (C=O) groups excluding carboxylic acids is 1. The number of aryl methyl sites for hydroxylation is 1. The van der Waals surface area contributed by atoms with E-state index >= 15 is 0 Å². The van der Waals surface area contributed by atoms with Crippen LogP contribution < -0.4 is 5.43 Å². The molecule has 0 radical (unpaired) electrons. The van der Waals surface area contributed by atoms with E-state index in [1.165, 1.54) is 12.3 Å². The Balaban J connectivity index is 1.51. The van der Waals surface area contributed by atoms with Gasteiger partial charge >= 0.3 is 0 Å². The molecular weight excluding hydrogens is 380 g/mol. The molecule has 0 bridgehead atoms. The zero-order chi connectivity index (χ0) is 20.9. The standard InChI is InChI=1S/C22H18N6O2/c1-14-11-20(27-24-14)22(30)28-23-13-16-12-17(9-10-21(16)29)25-26-19-8-4-6-15-5-2-3-7-18(15)19/h2-13,29H,1H3,(H,24,27)(H,28,30)/b23-13-,26-25?. The Hall–Kier alpha value is -4.33. The third-order valence-electron chi connectivity index (χ3n) is 4.36. The van der Waals surface area contributed by atoms with Crippen LogP contribution in [0.5, 0.6) is 5.75 Å². The molecule has 3 aromatic carbocycles. The summed E-state index contributed by atoms with van der Waals surface area (Å²) in [6.07, 6.45) is 1.34. The van der Waals surface area contributed by atoms with Crippen molar-refractivity contribution < 1.29 is 9.90 Å². The van der Waals surface area contributed by atoms with Gasteiger partial charge in [0.2, 0.25) is 0 Å². The molecule has 0 saturated carbocycles. The lowest BCUT2D eigenvalue weighted by atomic mass is 10.1. The van der Waals surface area contributed by atoms with Crippen molar-refractivity contribution in [1.82, 2.24) is 15.6 Å². The van der Waals surface area contributed by atoms with Crippen molar-refractivity contribution in [3.05, 3.63) is 83.7 Å². The molecule has 0 aliphatic carbocycles. The van der Waals surface area contributed by atoms with Gasteiger partial charge in [-0.15, -0.1) is 5.11 Å². The molecule has 1 amide bonds. The zero-order valence-electron chi connectivity index (χ0n) is 16.1. The lowest BCUT2D eigenvalue weighted by Crippen LogP contribution is -2.18. The van der Waals surface area contributed by atoms with Gasteiger partial charge in [0.1, 0.15) is 5.75 Å². The van der Waals surface area contributed by atoms with Crippen LogP contribution in [0.3, 0.4) is 0 Å². The van der Waals surface area contributed by atoms with E-state index in [0.29, 0.717) is 11.3 Å². The molecular formula is C22H18N6O2. The van der Waals surface area contributed by atoms with Gasteiger partial charge in [-0.1, -0.05) is 36.4 Å². The quantitative estimate of drug-likeness (QED) is 0.256. The van der Waals surface area contributed by atoms with E-state index in [-0.39, 0.29) is 11.4 Å². The van der Waals surface area contributed by atoms with E-state index in [9.17, 15) is 9.90 Å². The number of nitrogens with one attached hydrogen (secondary N) is 2. The highest BCUT2D eigenvalue weighted by Gasteiger charge is 2.08. The summed E-state index contributed by atoms with van der Waals surface area (Å²) in [5.41, 5.74) is 5.04. The van der Waals surface area contributed by atoms with E-state index in [0.717, 1.165) is 22.2 Å². The summed E-state index contributed by atoms with van der Waals surface area (Å²) in [5, 5.41) is 31.2. The van der Waals surface area contributed by atoms with Crippen LogP contribution in [0.15, 0.2) is 82.1 Å². The summed E-state index contributed by atoms with van der Waals surface area (Å²) in [5.74, 6) is -0.449. The number of nitrogens with zero attached hydrogens (tertiary/aromatic N) is 4. The molecule has 3 N–H and O–H groups in total. The topological polar surface area (TPSA) is 115 Å². The third kappa shape index (κ3) is 4.22. The maximum absolute atomic E-state index is 12.0. The number of hydrogen-bond acceptors (Lipinski definition) is 6. The molecule has 1 aromatic heterocycles. The van der Waals surface area contributed by atoms with Crippen LogP contribution in [0.2, 0.25) is 0 Å². The third-order valence-corrected chi connectivity index (χ3v) is 4.36. The second kappa shape index (κ2) is 8.36. The summed E-state index contributed by atoms with van der Waals surface area (Å²) in [6.45, 7) is 1.80. The first kappa shape index (κ1) is 19.0. The maximum atomic E-state index is 12.0. The Labute approximate surface area is 172 Å². The van der Waals surface area contributed by atoms with Crippen molar-refractivity contribution in [3.63, 3.8) is 0 Å². The Morgan fingerprint density at radius 2 is 1.90 bits per heavy atom. The van der Waals surface area contributed by atoms with Crippen molar-refractivity contribution in [2.75, 3.05) is 0 Å². The molecule has 0 aliphatic heterocycles. The highest BCUT2D eigenvalue weighted by Crippen LogP contribution is 2.28. The van der Waals surface area contributed by atoms with Gasteiger partial charge in [-0.2, -0.15) is 15.3 Å². The average molecular weight is 398 g/mol. The molecule has 30 heavy (non-hydrogen) atoms. The molecule has 8 nitrogen and oxygen atoms in total. The number of rotatable bonds is 5. The highest BCUT2D eigenvalue weighted by molar-refractivity contribution is 5.94. The van der Waals surface area contributed by atoms with Crippen molar-refractivity contribution in [1.29, 1.82) is 0 Å². The first-order chi connectivity index (χ1) is 14.6. The van der Waals surface area contributed by atoms with Crippen molar-refractivity contribution >= 4 is 34.3 Å².